The summed E-state index contributed by atoms with van der Waals surface area (Å²) in [4.78, 5) is 0. The van der Waals surface area contributed by atoms with Gasteiger partial charge in [-0.1, -0.05) is 25.5 Å². The van der Waals surface area contributed by atoms with Gasteiger partial charge in [0.25, 0.3) is 0 Å². The molecule has 18 heavy (non-hydrogen) atoms. The van der Waals surface area contributed by atoms with Crippen molar-refractivity contribution in [3.8, 4) is 5.75 Å². The zero-order valence-electron chi connectivity index (χ0n) is 11.4. The molecule has 98 valence electrons. The Hall–Kier alpha value is -1.02. The molecule has 0 bridgehead atoms. The topological polar surface area (TPSA) is 21.3 Å². The maximum atomic E-state index is 5.59. The molecule has 3 unspecified atom stereocenters. The van der Waals surface area contributed by atoms with E-state index >= 15 is 0 Å². The maximum Gasteiger partial charge on any atom is 0.122 e. The average Bonchev–Trinajstić information content (AvgIpc) is 2.99. The highest BCUT2D eigenvalue weighted by molar-refractivity contribution is 5.41. The minimum absolute atomic E-state index is 0.515. The van der Waals surface area contributed by atoms with Crippen molar-refractivity contribution in [3.05, 3.63) is 29.3 Å². The molecule has 3 atom stereocenters. The highest BCUT2D eigenvalue weighted by atomic mass is 16.5. The van der Waals surface area contributed by atoms with Crippen molar-refractivity contribution in [1.29, 1.82) is 0 Å². The van der Waals surface area contributed by atoms with Crippen LogP contribution < -0.4 is 10.1 Å². The molecule has 1 aliphatic carbocycles. The number of rotatable bonds is 3. The van der Waals surface area contributed by atoms with Gasteiger partial charge in [0.2, 0.25) is 0 Å². The molecular weight excluding hydrogens is 222 g/mol. The Labute approximate surface area is 110 Å². The lowest BCUT2D eigenvalue weighted by molar-refractivity contribution is 0.356. The number of ether oxygens (including phenoxy) is 1. The molecule has 1 aromatic carbocycles. The fourth-order valence-corrected chi connectivity index (χ4v) is 3.63. The third-order valence-corrected chi connectivity index (χ3v) is 4.59. The standard InChI is InChI=1S/C16H23NO/c1-11-3-4-13(9-11)16(17-2)14-5-6-15-12(10-14)7-8-18-15/h5-6,10-11,13,16-17H,3-4,7-9H2,1-2H3. The van der Waals surface area contributed by atoms with E-state index in [1.54, 1.807) is 0 Å². The van der Waals surface area contributed by atoms with Crippen LogP contribution in [0.2, 0.25) is 0 Å². The van der Waals surface area contributed by atoms with Crippen LogP contribution in [0, 0.1) is 11.8 Å². The van der Waals surface area contributed by atoms with Gasteiger partial charge in [-0.25, -0.2) is 0 Å². The number of nitrogens with one attached hydrogen (secondary N) is 1. The molecular formula is C16H23NO. The molecule has 0 spiro atoms. The molecule has 2 heteroatoms. The first-order chi connectivity index (χ1) is 8.78. The molecule has 2 aliphatic rings. The van der Waals surface area contributed by atoms with Crippen LogP contribution >= 0.6 is 0 Å². The average molecular weight is 245 g/mol. The first-order valence-corrected chi connectivity index (χ1v) is 7.21. The van der Waals surface area contributed by atoms with Crippen LogP contribution in [0.1, 0.15) is 43.4 Å². The summed E-state index contributed by atoms with van der Waals surface area (Å²) in [5.41, 5.74) is 2.83. The number of hydrogen-bond acceptors (Lipinski definition) is 2. The summed E-state index contributed by atoms with van der Waals surface area (Å²) in [5.74, 6) is 2.78. The lowest BCUT2D eigenvalue weighted by Gasteiger charge is -2.24. The SMILES string of the molecule is CNC(c1ccc2c(c1)CCO2)C1CCC(C)C1. The van der Waals surface area contributed by atoms with E-state index in [-0.39, 0.29) is 0 Å². The van der Waals surface area contributed by atoms with Crippen molar-refractivity contribution in [2.75, 3.05) is 13.7 Å². The largest absolute Gasteiger partial charge is 0.493 e. The van der Waals surface area contributed by atoms with E-state index in [0.717, 1.165) is 30.6 Å². The van der Waals surface area contributed by atoms with Gasteiger partial charge in [0.15, 0.2) is 0 Å². The van der Waals surface area contributed by atoms with Crippen LogP contribution in [-0.2, 0) is 6.42 Å². The van der Waals surface area contributed by atoms with Gasteiger partial charge in [0.05, 0.1) is 6.61 Å². The van der Waals surface area contributed by atoms with Gasteiger partial charge in [0, 0.05) is 12.5 Å². The minimum atomic E-state index is 0.515. The summed E-state index contributed by atoms with van der Waals surface area (Å²) in [6, 6.07) is 7.27. The predicted molar refractivity (Wildman–Crippen MR) is 73.9 cm³/mol. The van der Waals surface area contributed by atoms with Gasteiger partial charge >= 0.3 is 0 Å². The highest BCUT2D eigenvalue weighted by Crippen LogP contribution is 2.40. The van der Waals surface area contributed by atoms with Crippen LogP contribution in [0.25, 0.3) is 0 Å². The second-order valence-electron chi connectivity index (χ2n) is 5.91. The van der Waals surface area contributed by atoms with Crippen LogP contribution in [0.3, 0.4) is 0 Å². The summed E-state index contributed by atoms with van der Waals surface area (Å²) in [6.07, 6.45) is 5.18. The highest BCUT2D eigenvalue weighted by Gasteiger charge is 2.29. The molecule has 1 aromatic rings. The lowest BCUT2D eigenvalue weighted by Crippen LogP contribution is -2.23. The Balaban J connectivity index is 1.83. The van der Waals surface area contributed by atoms with E-state index in [1.807, 2.05) is 0 Å². The molecule has 3 rings (SSSR count). The maximum absolute atomic E-state index is 5.59. The minimum Gasteiger partial charge on any atom is -0.493 e. The Kier molecular flexibility index (Phi) is 3.29. The summed E-state index contributed by atoms with van der Waals surface area (Å²) in [5, 5.41) is 3.53. The predicted octanol–water partition coefficient (Wildman–Crippen LogP) is 3.32. The van der Waals surface area contributed by atoms with Crippen molar-refractivity contribution in [2.45, 2.75) is 38.6 Å². The van der Waals surface area contributed by atoms with Crippen LogP contribution in [0.4, 0.5) is 0 Å². The Bertz CT molecular complexity index is 429. The molecule has 0 radical (unpaired) electrons. The molecule has 1 aliphatic heterocycles. The van der Waals surface area contributed by atoms with Crippen LogP contribution in [-0.4, -0.2) is 13.7 Å². The number of fused-ring (bicyclic) bond motifs is 1. The number of hydrogen-bond donors (Lipinski definition) is 1. The second kappa shape index (κ2) is 4.93. The number of benzene rings is 1. The van der Waals surface area contributed by atoms with Gasteiger partial charge in [0.1, 0.15) is 5.75 Å². The first-order valence-electron chi connectivity index (χ1n) is 7.21. The quantitative estimate of drug-likeness (QED) is 0.882. The summed E-state index contributed by atoms with van der Waals surface area (Å²) < 4.78 is 5.59. The zero-order valence-corrected chi connectivity index (χ0v) is 11.4. The van der Waals surface area contributed by atoms with Crippen molar-refractivity contribution in [3.63, 3.8) is 0 Å². The normalized spacial score (nSPS) is 27.9. The Morgan fingerprint density at radius 2 is 2.22 bits per heavy atom. The van der Waals surface area contributed by atoms with Crippen molar-refractivity contribution in [1.82, 2.24) is 5.32 Å². The van der Waals surface area contributed by atoms with Gasteiger partial charge in [-0.15, -0.1) is 0 Å². The summed E-state index contributed by atoms with van der Waals surface area (Å²) in [6.45, 7) is 3.23. The van der Waals surface area contributed by atoms with Crippen molar-refractivity contribution < 1.29 is 4.74 Å². The van der Waals surface area contributed by atoms with E-state index in [2.05, 4.69) is 37.5 Å². The van der Waals surface area contributed by atoms with Crippen LogP contribution in [0.5, 0.6) is 5.75 Å². The Morgan fingerprint density at radius 1 is 1.33 bits per heavy atom. The van der Waals surface area contributed by atoms with Gasteiger partial charge in [-0.2, -0.15) is 0 Å². The summed E-state index contributed by atoms with van der Waals surface area (Å²) in [7, 11) is 2.09. The molecule has 1 heterocycles. The Morgan fingerprint density at radius 3 is 2.94 bits per heavy atom. The zero-order chi connectivity index (χ0) is 12.5. The van der Waals surface area contributed by atoms with E-state index in [0.29, 0.717) is 6.04 Å². The first kappa shape index (κ1) is 12.0. The smallest absolute Gasteiger partial charge is 0.122 e. The van der Waals surface area contributed by atoms with Gasteiger partial charge in [-0.05, 0) is 48.9 Å². The van der Waals surface area contributed by atoms with Gasteiger partial charge in [-0.3, -0.25) is 0 Å². The van der Waals surface area contributed by atoms with Crippen LogP contribution in [0.15, 0.2) is 18.2 Å². The molecule has 1 fully saturated rings. The third-order valence-electron chi connectivity index (χ3n) is 4.59. The van der Waals surface area contributed by atoms with E-state index in [9.17, 15) is 0 Å². The third kappa shape index (κ3) is 2.14. The monoisotopic (exact) mass is 245 g/mol. The fraction of sp³-hybridized carbons (Fsp3) is 0.625. The van der Waals surface area contributed by atoms with E-state index < -0.39 is 0 Å². The molecule has 1 saturated carbocycles. The molecule has 1 N–H and O–H groups in total. The van der Waals surface area contributed by atoms with E-state index in [1.165, 1.54) is 30.4 Å². The molecule has 0 amide bonds. The lowest BCUT2D eigenvalue weighted by atomic mass is 9.90. The fourth-order valence-electron chi connectivity index (χ4n) is 3.63. The summed E-state index contributed by atoms with van der Waals surface area (Å²) >= 11 is 0. The van der Waals surface area contributed by atoms with E-state index in [4.69, 9.17) is 4.74 Å². The van der Waals surface area contributed by atoms with Crippen molar-refractivity contribution >= 4 is 0 Å². The molecule has 0 aromatic heterocycles. The van der Waals surface area contributed by atoms with Crippen molar-refractivity contribution in [2.24, 2.45) is 11.8 Å². The second-order valence-corrected chi connectivity index (χ2v) is 5.91. The molecule has 2 nitrogen and oxygen atoms in total. The molecule has 0 saturated heterocycles. The van der Waals surface area contributed by atoms with Gasteiger partial charge < -0.3 is 10.1 Å².